The van der Waals surface area contributed by atoms with Crippen LogP contribution in [0.1, 0.15) is 19.4 Å². The van der Waals surface area contributed by atoms with Gasteiger partial charge in [-0.05, 0) is 32.0 Å². The molecule has 0 atom stereocenters. The quantitative estimate of drug-likeness (QED) is 0.593. The molecule has 0 amide bonds. The van der Waals surface area contributed by atoms with Gasteiger partial charge in [-0.2, -0.15) is 0 Å². The average Bonchev–Trinajstić information content (AvgIpc) is 2.23. The van der Waals surface area contributed by atoms with Crippen molar-refractivity contribution in [2.75, 3.05) is 13.1 Å². The van der Waals surface area contributed by atoms with Crippen LogP contribution in [0.25, 0.3) is 0 Å². The van der Waals surface area contributed by atoms with Gasteiger partial charge in [0.15, 0.2) is 11.6 Å². The Morgan fingerprint density at radius 2 is 2.00 bits per heavy atom. The molecule has 0 unspecified atom stereocenters. The number of rotatable bonds is 3. The van der Waals surface area contributed by atoms with Gasteiger partial charge in [0.05, 0.1) is 0 Å². The molecule has 82 valence electrons. The van der Waals surface area contributed by atoms with E-state index in [1.165, 1.54) is 12.1 Å². The molecule has 0 aliphatic carbocycles. The molecule has 3 nitrogen and oxygen atoms in total. The zero-order valence-corrected chi connectivity index (χ0v) is 8.92. The molecule has 0 saturated heterocycles. The smallest absolute Gasteiger partial charge is 0.165 e. The lowest BCUT2D eigenvalue weighted by Gasteiger charge is -2.21. The highest BCUT2D eigenvalue weighted by Crippen LogP contribution is 2.17. The predicted octanol–water partition coefficient (Wildman–Crippen LogP) is 2.20. The van der Waals surface area contributed by atoms with Gasteiger partial charge in [-0.15, -0.1) is 0 Å². The highest BCUT2D eigenvalue weighted by molar-refractivity contribution is 5.96. The van der Waals surface area contributed by atoms with Gasteiger partial charge in [0, 0.05) is 18.7 Å². The minimum Gasteiger partial charge on any atom is -0.505 e. The second-order valence-electron chi connectivity index (χ2n) is 3.19. The van der Waals surface area contributed by atoms with Crippen LogP contribution in [0.2, 0.25) is 0 Å². The Bertz CT molecular complexity index is 362. The van der Waals surface area contributed by atoms with E-state index in [9.17, 15) is 4.39 Å². The van der Waals surface area contributed by atoms with E-state index in [1.807, 2.05) is 18.7 Å². The molecule has 0 spiro atoms. The summed E-state index contributed by atoms with van der Waals surface area (Å²) in [5.41, 5.74) is 0.481. The molecule has 0 radical (unpaired) electrons. The molecular weight excluding hydrogens is 195 g/mol. The van der Waals surface area contributed by atoms with E-state index in [-0.39, 0.29) is 11.6 Å². The van der Waals surface area contributed by atoms with Crippen LogP contribution >= 0.6 is 0 Å². The minimum atomic E-state index is -0.690. The number of benzene rings is 1. The summed E-state index contributed by atoms with van der Waals surface area (Å²) in [6, 6.07) is 3.98. The van der Waals surface area contributed by atoms with Gasteiger partial charge in [0.25, 0.3) is 0 Å². The molecule has 15 heavy (non-hydrogen) atoms. The van der Waals surface area contributed by atoms with Crippen molar-refractivity contribution in [1.82, 2.24) is 4.90 Å². The van der Waals surface area contributed by atoms with E-state index in [1.54, 1.807) is 6.07 Å². The molecule has 0 aliphatic heterocycles. The van der Waals surface area contributed by atoms with Crippen molar-refractivity contribution in [2.24, 2.45) is 0 Å². The van der Waals surface area contributed by atoms with Crippen LogP contribution < -0.4 is 0 Å². The number of phenols is 1. The molecule has 1 rings (SSSR count). The molecule has 0 saturated carbocycles. The molecule has 4 heteroatoms. The first-order valence-electron chi connectivity index (χ1n) is 4.92. The van der Waals surface area contributed by atoms with Crippen LogP contribution in [0, 0.1) is 11.2 Å². The third kappa shape index (κ3) is 2.46. The van der Waals surface area contributed by atoms with Gasteiger partial charge in [-0.25, -0.2) is 4.39 Å². The first kappa shape index (κ1) is 11.5. The van der Waals surface area contributed by atoms with Gasteiger partial charge in [-0.3, -0.25) is 5.41 Å². The van der Waals surface area contributed by atoms with Crippen molar-refractivity contribution in [3.63, 3.8) is 0 Å². The number of nitrogens with one attached hydrogen (secondary N) is 1. The molecule has 0 heterocycles. The van der Waals surface area contributed by atoms with Gasteiger partial charge in [-0.1, -0.05) is 0 Å². The molecule has 0 aromatic heterocycles. The monoisotopic (exact) mass is 210 g/mol. The van der Waals surface area contributed by atoms with E-state index in [0.717, 1.165) is 0 Å². The standard InChI is InChI=1S/C11H15FN2O/c1-3-14(4-2)11(13)8-5-6-10(15)9(12)7-8/h5-7,13,15H,3-4H2,1-2H3. The van der Waals surface area contributed by atoms with Crippen LogP contribution in [0.15, 0.2) is 18.2 Å². The fourth-order valence-electron chi connectivity index (χ4n) is 1.38. The predicted molar refractivity (Wildman–Crippen MR) is 57.8 cm³/mol. The third-order valence-corrected chi connectivity index (χ3v) is 2.30. The topological polar surface area (TPSA) is 47.3 Å². The van der Waals surface area contributed by atoms with Crippen molar-refractivity contribution < 1.29 is 9.50 Å². The summed E-state index contributed by atoms with van der Waals surface area (Å²) in [6.07, 6.45) is 0. The molecule has 0 fully saturated rings. The van der Waals surface area contributed by atoms with Gasteiger partial charge >= 0.3 is 0 Å². The summed E-state index contributed by atoms with van der Waals surface area (Å²) in [5, 5.41) is 16.9. The maximum Gasteiger partial charge on any atom is 0.165 e. The highest BCUT2D eigenvalue weighted by atomic mass is 19.1. The van der Waals surface area contributed by atoms with Crippen LogP contribution in [-0.2, 0) is 0 Å². The van der Waals surface area contributed by atoms with Crippen LogP contribution in [0.4, 0.5) is 4.39 Å². The third-order valence-electron chi connectivity index (χ3n) is 2.30. The number of hydrogen-bond acceptors (Lipinski definition) is 2. The number of nitrogens with zero attached hydrogens (tertiary/aromatic N) is 1. The summed E-state index contributed by atoms with van der Waals surface area (Å²) >= 11 is 0. The summed E-state index contributed by atoms with van der Waals surface area (Å²) in [7, 11) is 0. The van der Waals surface area contributed by atoms with Crippen molar-refractivity contribution >= 4 is 5.84 Å². The second-order valence-corrected chi connectivity index (χ2v) is 3.19. The molecule has 0 bridgehead atoms. The lowest BCUT2D eigenvalue weighted by molar-refractivity contribution is 0.431. The Kier molecular flexibility index (Phi) is 3.66. The molecule has 0 aliphatic rings. The molecular formula is C11H15FN2O. The number of hydrogen-bond donors (Lipinski definition) is 2. The first-order valence-corrected chi connectivity index (χ1v) is 4.92. The summed E-state index contributed by atoms with van der Waals surface area (Å²) in [4.78, 5) is 1.81. The number of aromatic hydroxyl groups is 1. The Labute approximate surface area is 88.7 Å². The second kappa shape index (κ2) is 4.77. The fourth-order valence-corrected chi connectivity index (χ4v) is 1.38. The van der Waals surface area contributed by atoms with E-state index in [0.29, 0.717) is 18.7 Å². The average molecular weight is 210 g/mol. The van der Waals surface area contributed by atoms with E-state index in [2.05, 4.69) is 0 Å². The zero-order chi connectivity index (χ0) is 11.4. The normalized spacial score (nSPS) is 10.1. The Hall–Kier alpha value is -1.58. The van der Waals surface area contributed by atoms with Crippen LogP contribution in [0.5, 0.6) is 5.75 Å². The zero-order valence-electron chi connectivity index (χ0n) is 8.92. The summed E-state index contributed by atoms with van der Waals surface area (Å²) in [5.74, 6) is -0.797. The minimum absolute atomic E-state index is 0.277. The van der Waals surface area contributed by atoms with Crippen molar-refractivity contribution in [3.8, 4) is 5.75 Å². The lowest BCUT2D eigenvalue weighted by atomic mass is 10.1. The van der Waals surface area contributed by atoms with Gasteiger partial charge < -0.3 is 10.0 Å². The Morgan fingerprint density at radius 3 is 2.47 bits per heavy atom. The van der Waals surface area contributed by atoms with E-state index < -0.39 is 5.82 Å². The number of amidine groups is 1. The largest absolute Gasteiger partial charge is 0.505 e. The molecule has 1 aromatic carbocycles. The number of halogens is 1. The van der Waals surface area contributed by atoms with E-state index >= 15 is 0 Å². The molecule has 1 aromatic rings. The maximum atomic E-state index is 13.0. The number of phenolic OH excluding ortho intramolecular Hbond substituents is 1. The molecule has 2 N–H and O–H groups in total. The summed E-state index contributed by atoms with van der Waals surface area (Å²) < 4.78 is 13.0. The van der Waals surface area contributed by atoms with Crippen molar-refractivity contribution in [3.05, 3.63) is 29.6 Å². The Balaban J connectivity index is 2.96. The Morgan fingerprint density at radius 1 is 1.40 bits per heavy atom. The van der Waals surface area contributed by atoms with Crippen molar-refractivity contribution in [2.45, 2.75) is 13.8 Å². The van der Waals surface area contributed by atoms with Crippen LogP contribution in [0.3, 0.4) is 0 Å². The lowest BCUT2D eigenvalue weighted by Crippen LogP contribution is -2.30. The highest BCUT2D eigenvalue weighted by Gasteiger charge is 2.10. The van der Waals surface area contributed by atoms with Gasteiger partial charge in [0.2, 0.25) is 0 Å². The van der Waals surface area contributed by atoms with Gasteiger partial charge in [0.1, 0.15) is 5.84 Å². The summed E-state index contributed by atoms with van der Waals surface area (Å²) in [6.45, 7) is 5.29. The van der Waals surface area contributed by atoms with Crippen molar-refractivity contribution in [1.29, 1.82) is 5.41 Å². The van der Waals surface area contributed by atoms with Crippen LogP contribution in [-0.4, -0.2) is 28.9 Å². The first-order chi connectivity index (χ1) is 7.10. The fraction of sp³-hybridized carbons (Fsp3) is 0.364. The maximum absolute atomic E-state index is 13.0. The van der Waals surface area contributed by atoms with E-state index in [4.69, 9.17) is 10.5 Å². The SMILES string of the molecule is CCN(CC)C(=N)c1ccc(O)c(F)c1.